The lowest BCUT2D eigenvalue weighted by Crippen LogP contribution is -2.62. The summed E-state index contributed by atoms with van der Waals surface area (Å²) in [6.45, 7) is 6.92. The van der Waals surface area contributed by atoms with Crippen LogP contribution in [0, 0.1) is 5.41 Å². The average Bonchev–Trinajstić information content (AvgIpc) is 3.07. The predicted molar refractivity (Wildman–Crippen MR) is 175 cm³/mol. The fourth-order valence-electron chi connectivity index (χ4n) is 5.12. The minimum atomic E-state index is -1.06. The second-order valence-corrected chi connectivity index (χ2v) is 12.5. The van der Waals surface area contributed by atoms with E-state index in [1.54, 1.807) is 0 Å². The second kappa shape index (κ2) is 16.6. The molecule has 1 aliphatic heterocycles. The number of hydrogen-bond acceptors (Lipinski definition) is 7. The Morgan fingerprint density at radius 3 is 1.39 bits per heavy atom. The van der Waals surface area contributed by atoms with Crippen molar-refractivity contribution in [3.8, 4) is 0 Å². The first-order valence-corrected chi connectivity index (χ1v) is 15.8. The summed E-state index contributed by atoms with van der Waals surface area (Å²) in [5.74, 6) is -0.403. The Hall–Kier alpha value is -3.85. The Morgan fingerprint density at radius 1 is 0.565 bits per heavy atom. The third kappa shape index (κ3) is 9.82. The van der Waals surface area contributed by atoms with Crippen LogP contribution in [0.4, 0.5) is 0 Å². The van der Waals surface area contributed by atoms with E-state index in [0.29, 0.717) is 19.8 Å². The van der Waals surface area contributed by atoms with Crippen LogP contribution in [-0.2, 0) is 59.6 Å². The molecule has 1 aliphatic rings. The monoisotopic (exact) mass is 624 g/mol. The lowest BCUT2D eigenvalue weighted by molar-refractivity contribution is -0.322. The van der Waals surface area contributed by atoms with E-state index in [0.717, 1.165) is 22.3 Å². The zero-order valence-corrected chi connectivity index (χ0v) is 26.8. The first-order valence-electron chi connectivity index (χ1n) is 15.8. The maximum absolute atomic E-state index is 13.3. The maximum Gasteiger partial charge on any atom is 0.313 e. The molecule has 0 N–H and O–H groups in total. The Balaban J connectivity index is 1.46. The van der Waals surface area contributed by atoms with Crippen molar-refractivity contribution in [3.63, 3.8) is 0 Å². The molecule has 242 valence electrons. The van der Waals surface area contributed by atoms with E-state index >= 15 is 0 Å². The summed E-state index contributed by atoms with van der Waals surface area (Å²) in [6, 6.07) is 39.7. The normalized spacial score (nSPS) is 21.5. The molecule has 1 fully saturated rings. The molecule has 7 nitrogen and oxygen atoms in total. The summed E-state index contributed by atoms with van der Waals surface area (Å²) >= 11 is 0. The van der Waals surface area contributed by atoms with Crippen LogP contribution < -0.4 is 0 Å². The van der Waals surface area contributed by atoms with Crippen LogP contribution in [0.15, 0.2) is 121 Å². The molecule has 0 radical (unpaired) electrons. The van der Waals surface area contributed by atoms with Crippen molar-refractivity contribution in [3.05, 3.63) is 144 Å². The third-order valence-electron chi connectivity index (χ3n) is 7.68. The summed E-state index contributed by atoms with van der Waals surface area (Å²) in [6.07, 6.45) is -3.74. The van der Waals surface area contributed by atoms with Gasteiger partial charge in [0.15, 0.2) is 0 Å². The fraction of sp³-hybridized carbons (Fsp3) is 0.359. The molecule has 7 heteroatoms. The largest absolute Gasteiger partial charge is 0.432 e. The number of carbonyl (C=O) groups is 1. The van der Waals surface area contributed by atoms with Crippen LogP contribution in [0.3, 0.4) is 0 Å². The van der Waals surface area contributed by atoms with Crippen LogP contribution in [0.25, 0.3) is 0 Å². The molecule has 0 spiro atoms. The average molecular weight is 625 g/mol. The van der Waals surface area contributed by atoms with Crippen LogP contribution in [-0.4, -0.2) is 43.3 Å². The summed E-state index contributed by atoms with van der Waals surface area (Å²) in [7, 11) is 0. The van der Waals surface area contributed by atoms with Crippen molar-refractivity contribution in [2.24, 2.45) is 5.41 Å². The molecular weight excluding hydrogens is 580 g/mol. The Labute approximate surface area is 272 Å². The van der Waals surface area contributed by atoms with Crippen LogP contribution >= 0.6 is 0 Å². The summed E-state index contributed by atoms with van der Waals surface area (Å²) in [5, 5.41) is 0. The standard InChI is InChI=1S/C39H44O7/c1-39(2,3)38(40)46-37-36(44-27-32-22-14-7-15-23-32)35(43-26-31-20-12-6-13-21-31)34(42-25-30-18-10-5-11-19-30)33(45-37)28-41-24-29-16-8-4-9-17-29/h4-23,33-37H,24-28H2,1-3H3/t33-,34-,35+,36-,37+/m1/s1. The van der Waals surface area contributed by atoms with Gasteiger partial charge in [0.25, 0.3) is 0 Å². The van der Waals surface area contributed by atoms with Gasteiger partial charge in [0.05, 0.1) is 38.4 Å². The van der Waals surface area contributed by atoms with Gasteiger partial charge >= 0.3 is 5.97 Å². The van der Waals surface area contributed by atoms with Crippen LogP contribution in [0.2, 0.25) is 0 Å². The van der Waals surface area contributed by atoms with Gasteiger partial charge in [-0.15, -0.1) is 0 Å². The summed E-state index contributed by atoms with van der Waals surface area (Å²) in [5.41, 5.74) is 3.26. The van der Waals surface area contributed by atoms with Gasteiger partial charge in [-0.2, -0.15) is 0 Å². The highest BCUT2D eigenvalue weighted by Crippen LogP contribution is 2.33. The highest BCUT2D eigenvalue weighted by Gasteiger charge is 2.50. The summed E-state index contributed by atoms with van der Waals surface area (Å²) in [4.78, 5) is 13.3. The molecule has 0 aliphatic carbocycles. The van der Waals surface area contributed by atoms with Gasteiger partial charge in [-0.3, -0.25) is 4.79 Å². The Morgan fingerprint density at radius 2 is 0.957 bits per heavy atom. The third-order valence-corrected chi connectivity index (χ3v) is 7.68. The quantitative estimate of drug-likeness (QED) is 0.137. The van der Waals surface area contributed by atoms with E-state index in [1.165, 1.54) is 0 Å². The van der Waals surface area contributed by atoms with E-state index in [9.17, 15) is 4.79 Å². The van der Waals surface area contributed by atoms with Crippen LogP contribution in [0.5, 0.6) is 0 Å². The fourth-order valence-corrected chi connectivity index (χ4v) is 5.12. The number of ether oxygens (including phenoxy) is 6. The van der Waals surface area contributed by atoms with Crippen LogP contribution in [0.1, 0.15) is 43.0 Å². The molecule has 4 aromatic carbocycles. The number of hydrogen-bond donors (Lipinski definition) is 0. The van der Waals surface area contributed by atoms with E-state index in [1.807, 2.05) is 142 Å². The van der Waals surface area contributed by atoms with Gasteiger partial charge in [0, 0.05) is 0 Å². The van der Waals surface area contributed by atoms with Crippen molar-refractivity contribution in [2.45, 2.75) is 77.9 Å². The molecule has 0 aromatic heterocycles. The van der Waals surface area contributed by atoms with Gasteiger partial charge in [-0.05, 0) is 43.0 Å². The van der Waals surface area contributed by atoms with Crippen molar-refractivity contribution in [1.82, 2.24) is 0 Å². The van der Waals surface area contributed by atoms with E-state index < -0.39 is 42.1 Å². The van der Waals surface area contributed by atoms with Crippen molar-refractivity contribution in [2.75, 3.05) is 6.61 Å². The van der Waals surface area contributed by atoms with Gasteiger partial charge in [0.2, 0.25) is 6.29 Å². The second-order valence-electron chi connectivity index (χ2n) is 12.5. The molecule has 0 saturated carbocycles. The Kier molecular flexibility index (Phi) is 12.1. The topological polar surface area (TPSA) is 72.5 Å². The van der Waals surface area contributed by atoms with Crippen molar-refractivity contribution < 1.29 is 33.2 Å². The van der Waals surface area contributed by atoms with Crippen molar-refractivity contribution in [1.29, 1.82) is 0 Å². The van der Waals surface area contributed by atoms with Crippen molar-refractivity contribution >= 4 is 5.97 Å². The first kappa shape index (κ1) is 33.5. The molecule has 1 heterocycles. The van der Waals surface area contributed by atoms with Gasteiger partial charge < -0.3 is 28.4 Å². The number of benzene rings is 4. The number of esters is 1. The number of rotatable bonds is 14. The lowest BCUT2D eigenvalue weighted by atomic mass is 9.96. The smallest absolute Gasteiger partial charge is 0.313 e. The predicted octanol–water partition coefficient (Wildman–Crippen LogP) is 7.27. The molecule has 4 aromatic rings. The van der Waals surface area contributed by atoms with E-state index in [4.69, 9.17) is 28.4 Å². The SMILES string of the molecule is CC(C)(C)C(=O)O[C@@H]1O[C@H](COCc2ccccc2)[C@@H](OCc2ccccc2)[C@H](OCc2ccccc2)[C@H]1OCc1ccccc1. The highest BCUT2D eigenvalue weighted by atomic mass is 16.7. The zero-order chi connectivity index (χ0) is 32.2. The molecule has 1 saturated heterocycles. The summed E-state index contributed by atoms with van der Waals surface area (Å²) < 4.78 is 38.7. The molecule has 5 rings (SSSR count). The molecule has 5 atom stereocenters. The highest BCUT2D eigenvalue weighted by molar-refractivity contribution is 5.75. The zero-order valence-electron chi connectivity index (χ0n) is 26.8. The molecule has 0 bridgehead atoms. The van der Waals surface area contributed by atoms with E-state index in [2.05, 4.69) is 0 Å². The Bertz CT molecular complexity index is 1440. The lowest BCUT2D eigenvalue weighted by Gasteiger charge is -2.45. The number of carbonyl (C=O) groups excluding carboxylic acids is 1. The van der Waals surface area contributed by atoms with Gasteiger partial charge in [-0.1, -0.05) is 121 Å². The minimum absolute atomic E-state index is 0.189. The molecule has 0 unspecified atom stereocenters. The molecular formula is C39H44O7. The molecule has 0 amide bonds. The first-order chi connectivity index (χ1) is 22.4. The van der Waals surface area contributed by atoms with Gasteiger partial charge in [-0.25, -0.2) is 0 Å². The minimum Gasteiger partial charge on any atom is -0.432 e. The molecule has 46 heavy (non-hydrogen) atoms. The van der Waals surface area contributed by atoms with E-state index in [-0.39, 0.29) is 13.2 Å². The van der Waals surface area contributed by atoms with Gasteiger partial charge in [0.1, 0.15) is 24.4 Å². The maximum atomic E-state index is 13.3.